The first-order valence-corrected chi connectivity index (χ1v) is 8.16. The van der Waals surface area contributed by atoms with Crippen LogP contribution in [0.3, 0.4) is 0 Å². The molecule has 0 aromatic heterocycles. The zero-order valence-electron chi connectivity index (χ0n) is 13.5. The van der Waals surface area contributed by atoms with Gasteiger partial charge in [-0.05, 0) is 31.9 Å². The number of guanidine groups is 1. The first-order valence-electron chi connectivity index (χ1n) is 8.16. The second-order valence-electron chi connectivity index (χ2n) is 5.54. The van der Waals surface area contributed by atoms with Gasteiger partial charge in [0.15, 0.2) is 5.96 Å². The molecule has 1 unspecified atom stereocenters. The Hall–Kier alpha value is -1.75. The van der Waals surface area contributed by atoms with Crippen molar-refractivity contribution in [2.75, 3.05) is 26.2 Å². The second-order valence-corrected chi connectivity index (χ2v) is 5.54. The van der Waals surface area contributed by atoms with Gasteiger partial charge in [0.2, 0.25) is 0 Å². The van der Waals surface area contributed by atoms with Crippen LogP contribution in [0.1, 0.15) is 26.7 Å². The molecule has 0 bridgehead atoms. The minimum Gasteiger partial charge on any atom is -0.489 e. The predicted molar refractivity (Wildman–Crippen MR) is 89.3 cm³/mol. The molecule has 1 aliphatic heterocycles. The number of rotatable bonds is 6. The van der Waals surface area contributed by atoms with Crippen molar-refractivity contribution in [1.82, 2.24) is 10.2 Å². The van der Waals surface area contributed by atoms with Crippen LogP contribution in [0, 0.1) is 0 Å². The summed E-state index contributed by atoms with van der Waals surface area (Å²) in [6, 6.07) is 9.86. The van der Waals surface area contributed by atoms with E-state index in [4.69, 9.17) is 9.73 Å². The number of ether oxygens (including phenoxy) is 1. The summed E-state index contributed by atoms with van der Waals surface area (Å²) in [5.74, 6) is 1.75. The number of β-amino-alcohol motifs (C(OH)–C–C–N with tert-alkyl or cyclic N) is 1. The van der Waals surface area contributed by atoms with E-state index < -0.39 is 0 Å². The van der Waals surface area contributed by atoms with Crippen LogP contribution in [0.2, 0.25) is 0 Å². The van der Waals surface area contributed by atoms with Crippen LogP contribution < -0.4 is 10.1 Å². The van der Waals surface area contributed by atoms with Gasteiger partial charge >= 0.3 is 0 Å². The molecule has 1 heterocycles. The molecule has 22 heavy (non-hydrogen) atoms. The maximum Gasteiger partial charge on any atom is 0.194 e. The normalized spacial score (nSPS) is 20.0. The van der Waals surface area contributed by atoms with Crippen LogP contribution in [-0.4, -0.2) is 54.4 Å². The highest BCUT2D eigenvalue weighted by Gasteiger charge is 2.23. The molecule has 1 aromatic rings. The van der Waals surface area contributed by atoms with Crippen LogP contribution in [-0.2, 0) is 0 Å². The first-order chi connectivity index (χ1) is 10.7. The summed E-state index contributed by atoms with van der Waals surface area (Å²) < 4.78 is 5.97. The monoisotopic (exact) mass is 305 g/mol. The fourth-order valence-electron chi connectivity index (χ4n) is 2.49. The van der Waals surface area contributed by atoms with Crippen molar-refractivity contribution in [3.8, 4) is 5.75 Å². The third-order valence-electron chi connectivity index (χ3n) is 3.74. The van der Waals surface area contributed by atoms with Crippen molar-refractivity contribution in [3.63, 3.8) is 0 Å². The topological polar surface area (TPSA) is 57.1 Å². The van der Waals surface area contributed by atoms with Gasteiger partial charge < -0.3 is 20.1 Å². The number of para-hydroxylation sites is 1. The number of hydrogen-bond donors (Lipinski definition) is 2. The quantitative estimate of drug-likeness (QED) is 0.622. The largest absolute Gasteiger partial charge is 0.489 e. The lowest BCUT2D eigenvalue weighted by atomic mass is 10.2. The Morgan fingerprint density at radius 3 is 2.77 bits per heavy atom. The fourth-order valence-corrected chi connectivity index (χ4v) is 2.49. The lowest BCUT2D eigenvalue weighted by molar-refractivity contribution is 0.187. The van der Waals surface area contributed by atoms with Crippen molar-refractivity contribution >= 4 is 5.96 Å². The SMILES string of the molecule is CCNC(=NCC(CC)Oc1ccccc1)N1CC[C@@H](O)C1. The molecule has 5 heteroatoms. The van der Waals surface area contributed by atoms with Crippen LogP contribution in [0.15, 0.2) is 35.3 Å². The number of benzene rings is 1. The Kier molecular flexibility index (Phi) is 6.52. The maximum atomic E-state index is 9.69. The Balaban J connectivity index is 1.95. The molecule has 2 rings (SSSR count). The van der Waals surface area contributed by atoms with E-state index >= 15 is 0 Å². The Bertz CT molecular complexity index is 464. The van der Waals surface area contributed by atoms with E-state index in [-0.39, 0.29) is 12.2 Å². The van der Waals surface area contributed by atoms with Crippen LogP contribution in [0.25, 0.3) is 0 Å². The number of aliphatic hydroxyl groups excluding tert-OH is 1. The molecule has 1 aliphatic rings. The molecule has 0 aliphatic carbocycles. The van der Waals surface area contributed by atoms with E-state index in [0.29, 0.717) is 13.1 Å². The number of nitrogens with zero attached hydrogens (tertiary/aromatic N) is 2. The van der Waals surface area contributed by atoms with E-state index in [1.165, 1.54) is 0 Å². The number of hydrogen-bond acceptors (Lipinski definition) is 3. The smallest absolute Gasteiger partial charge is 0.194 e. The van der Waals surface area contributed by atoms with Gasteiger partial charge in [-0.3, -0.25) is 0 Å². The van der Waals surface area contributed by atoms with Gasteiger partial charge in [0.1, 0.15) is 11.9 Å². The summed E-state index contributed by atoms with van der Waals surface area (Å²) in [6.45, 7) is 7.10. The van der Waals surface area contributed by atoms with Gasteiger partial charge in [0.25, 0.3) is 0 Å². The average Bonchev–Trinajstić information content (AvgIpc) is 2.97. The molecule has 0 radical (unpaired) electrons. The third-order valence-corrected chi connectivity index (χ3v) is 3.74. The minimum absolute atomic E-state index is 0.0589. The summed E-state index contributed by atoms with van der Waals surface area (Å²) in [4.78, 5) is 6.81. The first kappa shape index (κ1) is 16.6. The van der Waals surface area contributed by atoms with Crippen molar-refractivity contribution < 1.29 is 9.84 Å². The standard InChI is InChI=1S/C17H27N3O2/c1-3-15(22-16-8-6-5-7-9-16)12-19-17(18-4-2)20-11-10-14(21)13-20/h5-9,14-15,21H,3-4,10-13H2,1-2H3,(H,18,19)/t14-,15?/m1/s1. The molecule has 1 aromatic carbocycles. The lowest BCUT2D eigenvalue weighted by Crippen LogP contribution is -2.41. The number of aliphatic hydroxyl groups is 1. The van der Waals surface area contributed by atoms with E-state index in [1.807, 2.05) is 30.3 Å². The molecule has 1 fully saturated rings. The second kappa shape index (κ2) is 8.63. The van der Waals surface area contributed by atoms with Gasteiger partial charge in [-0.2, -0.15) is 0 Å². The highest BCUT2D eigenvalue weighted by Crippen LogP contribution is 2.13. The summed E-state index contributed by atoms with van der Waals surface area (Å²) >= 11 is 0. The molecule has 5 nitrogen and oxygen atoms in total. The summed E-state index contributed by atoms with van der Waals surface area (Å²) in [6.07, 6.45) is 1.53. The summed E-state index contributed by atoms with van der Waals surface area (Å²) in [7, 11) is 0. The van der Waals surface area contributed by atoms with Crippen molar-refractivity contribution in [2.24, 2.45) is 4.99 Å². The molecular weight excluding hydrogens is 278 g/mol. The van der Waals surface area contributed by atoms with Crippen molar-refractivity contribution in [2.45, 2.75) is 38.9 Å². The van der Waals surface area contributed by atoms with Gasteiger partial charge in [-0.25, -0.2) is 4.99 Å². The zero-order chi connectivity index (χ0) is 15.8. The molecule has 122 valence electrons. The van der Waals surface area contributed by atoms with Gasteiger partial charge in [-0.1, -0.05) is 25.1 Å². The summed E-state index contributed by atoms with van der Waals surface area (Å²) in [5.41, 5.74) is 0. The average molecular weight is 305 g/mol. The lowest BCUT2D eigenvalue weighted by Gasteiger charge is -2.22. The van der Waals surface area contributed by atoms with E-state index in [9.17, 15) is 5.11 Å². The molecule has 2 N–H and O–H groups in total. The zero-order valence-corrected chi connectivity index (χ0v) is 13.5. The molecule has 0 saturated carbocycles. The van der Waals surface area contributed by atoms with E-state index in [1.54, 1.807) is 0 Å². The van der Waals surface area contributed by atoms with Crippen molar-refractivity contribution in [3.05, 3.63) is 30.3 Å². The van der Waals surface area contributed by atoms with Crippen molar-refractivity contribution in [1.29, 1.82) is 0 Å². The molecule has 1 saturated heterocycles. The van der Waals surface area contributed by atoms with Crippen LogP contribution in [0.4, 0.5) is 0 Å². The third kappa shape index (κ3) is 4.91. The number of likely N-dealkylation sites (tertiary alicyclic amines) is 1. The maximum absolute atomic E-state index is 9.69. The highest BCUT2D eigenvalue weighted by molar-refractivity contribution is 5.80. The Morgan fingerprint density at radius 1 is 1.41 bits per heavy atom. The molecule has 0 amide bonds. The molecule has 2 atom stereocenters. The fraction of sp³-hybridized carbons (Fsp3) is 0.588. The Morgan fingerprint density at radius 2 is 2.18 bits per heavy atom. The minimum atomic E-state index is -0.244. The van der Waals surface area contributed by atoms with Gasteiger partial charge in [0, 0.05) is 19.6 Å². The van der Waals surface area contributed by atoms with Gasteiger partial charge in [0.05, 0.1) is 12.6 Å². The number of aliphatic imine (C=N–C) groups is 1. The summed E-state index contributed by atoms with van der Waals surface area (Å²) in [5, 5.41) is 13.0. The highest BCUT2D eigenvalue weighted by atomic mass is 16.5. The molecular formula is C17H27N3O2. The predicted octanol–water partition coefficient (Wildman–Crippen LogP) is 1.88. The Labute approximate surface area is 133 Å². The van der Waals surface area contributed by atoms with E-state index in [0.717, 1.165) is 37.6 Å². The van der Waals surface area contributed by atoms with Crippen LogP contribution >= 0.6 is 0 Å². The molecule has 0 spiro atoms. The van der Waals surface area contributed by atoms with Gasteiger partial charge in [-0.15, -0.1) is 0 Å². The van der Waals surface area contributed by atoms with E-state index in [2.05, 4.69) is 24.1 Å². The number of nitrogens with one attached hydrogen (secondary N) is 1. The van der Waals surface area contributed by atoms with Crippen LogP contribution in [0.5, 0.6) is 5.75 Å².